The Morgan fingerprint density at radius 2 is 1.53 bits per heavy atom. The molecule has 0 bridgehead atoms. The average Bonchev–Trinajstić information content (AvgIpc) is 3.96. The van der Waals surface area contributed by atoms with Gasteiger partial charge in [0.2, 0.25) is 5.91 Å². The minimum atomic E-state index is -0.995. The molecular formula is C48H57F2N13O7. The molecule has 8 heterocycles. The van der Waals surface area contributed by atoms with Crippen LogP contribution in [-0.2, 0) is 24.7 Å². The maximum absolute atomic E-state index is 15.2. The van der Waals surface area contributed by atoms with Gasteiger partial charge in [-0.05, 0) is 76.7 Å². The van der Waals surface area contributed by atoms with Crippen LogP contribution in [0.5, 0.6) is 5.75 Å². The molecule has 1 atom stereocenters. The van der Waals surface area contributed by atoms with Crippen molar-refractivity contribution in [2.75, 3.05) is 76.1 Å². The number of amides is 4. The zero-order chi connectivity index (χ0) is 48.8. The number of carbonyl (C=O) groups excluding carboxylic acids is 4. The lowest BCUT2D eigenvalue weighted by Crippen LogP contribution is -2.50. The standard InChI is InChI=1S/C48H57F2N13O7/c1-48(2,3)63-45-38(43(51)54-26-55-45)39(57-63)40-37(42(70-58-40)29-4-5-29)44-52-22-30(23-53-44)28-10-14-62(15-11-28)47(67)68-25-36(65)60-12-8-27(9-13-60)24-59-16-18-61(19-17-59)41-32(49)20-31(21-33(41)50)69-34-6-7-35(64)56-46(34)66/h20-23,26-29,34H,4-19,24-25H2,1-3H3,(H2,51,54,55)(H,56,64,66). The molecule has 4 amide bonds. The maximum atomic E-state index is 15.2. The Morgan fingerprint density at radius 1 is 0.843 bits per heavy atom. The van der Waals surface area contributed by atoms with E-state index in [-0.39, 0.29) is 48.6 Å². The van der Waals surface area contributed by atoms with Gasteiger partial charge < -0.3 is 34.4 Å². The average molecular weight is 966 g/mol. The smallest absolute Gasteiger partial charge is 0.410 e. The van der Waals surface area contributed by atoms with Crippen molar-refractivity contribution in [2.24, 2.45) is 5.92 Å². The molecule has 1 saturated carbocycles. The lowest BCUT2D eigenvalue weighted by molar-refractivity contribution is -0.139. The van der Waals surface area contributed by atoms with Crippen molar-refractivity contribution in [2.45, 2.75) is 95.6 Å². The van der Waals surface area contributed by atoms with Gasteiger partial charge >= 0.3 is 6.09 Å². The van der Waals surface area contributed by atoms with Crippen LogP contribution in [0.15, 0.2) is 35.4 Å². The Bertz CT molecular complexity index is 2760. The molecule has 70 heavy (non-hydrogen) atoms. The van der Waals surface area contributed by atoms with Gasteiger partial charge in [-0.2, -0.15) is 5.10 Å². The molecule has 370 valence electrons. The lowest BCUT2D eigenvalue weighted by Gasteiger charge is -2.39. The van der Waals surface area contributed by atoms with Gasteiger partial charge in [-0.15, -0.1) is 0 Å². The first-order valence-corrected chi connectivity index (χ1v) is 24.2. The number of nitrogen functional groups attached to an aromatic ring is 1. The summed E-state index contributed by atoms with van der Waals surface area (Å²) in [5.74, 6) is -0.757. The van der Waals surface area contributed by atoms with Gasteiger partial charge in [-0.3, -0.25) is 24.6 Å². The third-order valence-electron chi connectivity index (χ3n) is 14.1. The number of piperazine rings is 1. The highest BCUT2D eigenvalue weighted by Gasteiger charge is 2.38. The highest BCUT2D eigenvalue weighted by molar-refractivity contribution is 6.01. The van der Waals surface area contributed by atoms with Crippen LogP contribution in [0.1, 0.15) is 95.3 Å². The summed E-state index contributed by atoms with van der Waals surface area (Å²) in [7, 11) is 0. The molecule has 5 aliphatic rings. The number of halogens is 2. The second kappa shape index (κ2) is 19.2. The van der Waals surface area contributed by atoms with Crippen LogP contribution in [0, 0.1) is 17.6 Å². The van der Waals surface area contributed by atoms with Crippen molar-refractivity contribution >= 4 is 46.4 Å². The Labute approximate surface area is 402 Å². The molecule has 1 aliphatic carbocycles. The number of hydrogen-bond donors (Lipinski definition) is 2. The van der Waals surface area contributed by atoms with Gasteiger partial charge in [-0.25, -0.2) is 38.2 Å². The van der Waals surface area contributed by atoms with Crippen LogP contribution in [0.4, 0.5) is 25.1 Å². The summed E-state index contributed by atoms with van der Waals surface area (Å²) in [6.07, 6.45) is 8.71. The zero-order valence-corrected chi connectivity index (χ0v) is 39.5. The molecule has 1 unspecified atom stereocenters. The predicted molar refractivity (Wildman–Crippen MR) is 249 cm³/mol. The van der Waals surface area contributed by atoms with Gasteiger partial charge in [0.25, 0.3) is 11.8 Å². The normalized spacial score (nSPS) is 20.0. The van der Waals surface area contributed by atoms with E-state index in [2.05, 4.69) is 25.3 Å². The number of hydrogen-bond acceptors (Lipinski definition) is 16. The van der Waals surface area contributed by atoms with Crippen molar-refractivity contribution in [3.05, 3.63) is 53.8 Å². The summed E-state index contributed by atoms with van der Waals surface area (Å²) in [6, 6.07) is 2.15. The third kappa shape index (κ3) is 9.69. The Hall–Kier alpha value is -6.84. The van der Waals surface area contributed by atoms with Crippen LogP contribution >= 0.6 is 0 Å². The summed E-state index contributed by atoms with van der Waals surface area (Å²) in [5, 5.41) is 12.2. The highest BCUT2D eigenvalue weighted by atomic mass is 19.1. The molecule has 20 nitrogen and oxygen atoms in total. The molecule has 4 aliphatic heterocycles. The lowest BCUT2D eigenvalue weighted by atomic mass is 9.91. The number of anilines is 2. The number of imide groups is 1. The van der Waals surface area contributed by atoms with E-state index in [0.717, 1.165) is 55.7 Å². The minimum Gasteiger partial charge on any atom is -0.480 e. The quantitative estimate of drug-likeness (QED) is 0.166. The number of nitrogens with one attached hydrogen (secondary N) is 1. The van der Waals surface area contributed by atoms with Crippen molar-refractivity contribution in [1.29, 1.82) is 0 Å². The van der Waals surface area contributed by atoms with Crippen LogP contribution < -0.4 is 20.7 Å². The molecule has 0 radical (unpaired) electrons. The van der Waals surface area contributed by atoms with E-state index < -0.39 is 41.2 Å². The van der Waals surface area contributed by atoms with Gasteiger partial charge in [0.15, 0.2) is 41.6 Å². The fraction of sp³-hybridized carbons (Fsp3) is 0.542. The second-order valence-electron chi connectivity index (χ2n) is 20.0. The number of aromatic nitrogens is 7. The Balaban J connectivity index is 0.666. The van der Waals surface area contributed by atoms with E-state index in [9.17, 15) is 19.2 Å². The molecule has 4 saturated heterocycles. The van der Waals surface area contributed by atoms with E-state index in [1.165, 1.54) is 6.33 Å². The van der Waals surface area contributed by atoms with Gasteiger partial charge in [0.05, 0.1) is 16.5 Å². The number of piperidine rings is 3. The van der Waals surface area contributed by atoms with Crippen molar-refractivity contribution < 1.29 is 42.0 Å². The molecule has 1 aromatic carbocycles. The number of fused-ring (bicyclic) bond motifs is 1. The van der Waals surface area contributed by atoms with Crippen molar-refractivity contribution in [1.82, 2.24) is 54.9 Å². The van der Waals surface area contributed by atoms with Crippen molar-refractivity contribution in [3.8, 4) is 28.5 Å². The molecule has 3 N–H and O–H groups in total. The molecule has 5 fully saturated rings. The summed E-state index contributed by atoms with van der Waals surface area (Å²) in [6.45, 7) is 10.7. The number of nitrogens with two attached hydrogens (primary N) is 1. The molecule has 22 heteroatoms. The second-order valence-corrected chi connectivity index (χ2v) is 20.0. The number of benzene rings is 1. The SMILES string of the molecule is CC(C)(C)n1nc(-c2noc(C3CC3)c2-c2ncc(C3CCN(C(=O)OCC(=O)N4CCC(CN5CCN(c6c(F)cc(OC7CCC(=O)NC7=O)cc6F)CC5)CC4)CC3)cn2)c2c(N)ncnc21. The van der Waals surface area contributed by atoms with Gasteiger partial charge in [0, 0.05) is 102 Å². The number of nitrogens with zero attached hydrogens (tertiary/aromatic N) is 11. The fourth-order valence-electron chi connectivity index (χ4n) is 10.0. The first kappa shape index (κ1) is 46.9. The first-order chi connectivity index (χ1) is 33.7. The van der Waals surface area contributed by atoms with Crippen LogP contribution in [0.2, 0.25) is 0 Å². The number of likely N-dealkylation sites (tertiary alicyclic amines) is 2. The van der Waals surface area contributed by atoms with Crippen molar-refractivity contribution in [3.63, 3.8) is 0 Å². The van der Waals surface area contributed by atoms with Crippen LogP contribution in [0.3, 0.4) is 0 Å². The molecule has 5 aromatic rings. The first-order valence-electron chi connectivity index (χ1n) is 24.2. The van der Waals surface area contributed by atoms with E-state index in [4.69, 9.17) is 34.8 Å². The molecule has 4 aromatic heterocycles. The monoisotopic (exact) mass is 965 g/mol. The summed E-state index contributed by atoms with van der Waals surface area (Å²) >= 11 is 0. The van der Waals surface area contributed by atoms with E-state index in [1.807, 2.05) is 37.8 Å². The largest absolute Gasteiger partial charge is 0.480 e. The van der Waals surface area contributed by atoms with Gasteiger partial charge in [0.1, 0.15) is 35.0 Å². The predicted octanol–water partition coefficient (Wildman–Crippen LogP) is 4.99. The van der Waals surface area contributed by atoms with Crippen LogP contribution in [0.25, 0.3) is 33.8 Å². The number of ether oxygens (including phenoxy) is 2. The van der Waals surface area contributed by atoms with Gasteiger partial charge in [-0.1, -0.05) is 5.16 Å². The third-order valence-corrected chi connectivity index (χ3v) is 14.1. The fourth-order valence-corrected chi connectivity index (χ4v) is 10.0. The van der Waals surface area contributed by atoms with Crippen LogP contribution in [-0.4, -0.2) is 145 Å². The summed E-state index contributed by atoms with van der Waals surface area (Å²) in [5.41, 5.74) is 9.11. The maximum Gasteiger partial charge on any atom is 0.410 e. The Morgan fingerprint density at radius 3 is 2.19 bits per heavy atom. The van der Waals surface area contributed by atoms with E-state index in [0.29, 0.717) is 111 Å². The van der Waals surface area contributed by atoms with E-state index in [1.54, 1.807) is 14.7 Å². The molecule has 10 rings (SSSR count). The Kier molecular flexibility index (Phi) is 12.8. The zero-order valence-electron chi connectivity index (χ0n) is 39.5. The number of carbonyl (C=O) groups is 4. The molecule has 0 spiro atoms. The highest BCUT2D eigenvalue weighted by Crippen LogP contribution is 2.48. The number of rotatable bonds is 11. The minimum absolute atomic E-state index is 0.0908. The summed E-state index contributed by atoms with van der Waals surface area (Å²) in [4.78, 5) is 75.5. The van der Waals surface area contributed by atoms with E-state index >= 15 is 8.78 Å². The molecular weight excluding hydrogens is 909 g/mol. The topological polar surface area (TPSA) is 233 Å². The summed E-state index contributed by atoms with van der Waals surface area (Å²) < 4.78 is 49.3.